The van der Waals surface area contributed by atoms with E-state index >= 15 is 0 Å². The van der Waals surface area contributed by atoms with Crippen molar-refractivity contribution in [1.82, 2.24) is 9.97 Å². The zero-order chi connectivity index (χ0) is 19.1. The molecule has 1 saturated carbocycles. The molecular weight excluding hydrogens is 374 g/mol. The minimum Gasteiger partial charge on any atom is -0.325 e. The Morgan fingerprint density at radius 1 is 1.15 bits per heavy atom. The monoisotopic (exact) mass is 397 g/mol. The fourth-order valence-corrected chi connectivity index (χ4v) is 5.23. The van der Waals surface area contributed by atoms with Crippen molar-refractivity contribution in [2.24, 2.45) is 0 Å². The second kappa shape index (κ2) is 7.24. The first-order valence-electron chi connectivity index (χ1n) is 9.19. The molecule has 1 aliphatic rings. The molecule has 3 aromatic rings. The summed E-state index contributed by atoms with van der Waals surface area (Å²) in [7, 11) is 0. The van der Waals surface area contributed by atoms with Gasteiger partial charge in [-0.2, -0.15) is 0 Å². The Morgan fingerprint density at radius 3 is 2.52 bits per heavy atom. The second-order valence-corrected chi connectivity index (χ2v) is 9.51. The number of thioether (sulfide) groups is 1. The van der Waals surface area contributed by atoms with Gasteiger partial charge < -0.3 is 5.32 Å². The number of hydrogen-bond acceptors (Lipinski definition) is 5. The molecule has 1 aliphatic carbocycles. The number of thiophene rings is 1. The number of carbonyl (C=O) groups excluding carboxylic acids is 1. The lowest BCUT2D eigenvalue weighted by Gasteiger charge is -2.09. The molecule has 0 saturated heterocycles. The lowest BCUT2D eigenvalue weighted by atomic mass is 10.1. The molecule has 1 amide bonds. The van der Waals surface area contributed by atoms with Gasteiger partial charge in [-0.3, -0.25) is 4.79 Å². The maximum atomic E-state index is 12.5. The smallest absolute Gasteiger partial charge is 0.234 e. The van der Waals surface area contributed by atoms with Crippen molar-refractivity contribution in [1.29, 1.82) is 0 Å². The third-order valence-electron chi connectivity index (χ3n) is 4.80. The van der Waals surface area contributed by atoms with E-state index in [1.807, 2.05) is 26.0 Å². The number of nitrogens with zero attached hydrogens (tertiary/aromatic N) is 2. The van der Waals surface area contributed by atoms with Crippen LogP contribution in [0.1, 0.15) is 46.2 Å². The molecule has 1 aromatic carbocycles. The number of anilines is 1. The summed E-state index contributed by atoms with van der Waals surface area (Å²) in [4.78, 5) is 24.4. The van der Waals surface area contributed by atoms with Crippen LogP contribution in [0, 0.1) is 27.7 Å². The van der Waals surface area contributed by atoms with E-state index in [1.54, 1.807) is 11.3 Å². The molecule has 6 heteroatoms. The average molecular weight is 398 g/mol. The van der Waals surface area contributed by atoms with Crippen LogP contribution >= 0.6 is 23.1 Å². The SMILES string of the molecule is Cc1cc(C)cc(NC(=O)CSc2nc(C3CC3)nc3sc(C)c(C)c23)c1. The minimum absolute atomic E-state index is 0.00524. The lowest BCUT2D eigenvalue weighted by molar-refractivity contribution is -0.113. The van der Waals surface area contributed by atoms with Crippen LogP contribution in [0.5, 0.6) is 0 Å². The summed E-state index contributed by atoms with van der Waals surface area (Å²) in [6, 6.07) is 6.09. The standard InChI is InChI=1S/C21H23N3OS2/c1-11-7-12(2)9-16(8-11)22-17(25)10-26-20-18-13(3)14(4)27-21(18)24-19(23-20)15-5-6-15/h7-9,15H,5-6,10H2,1-4H3,(H,22,25). The van der Waals surface area contributed by atoms with Gasteiger partial charge >= 0.3 is 0 Å². The van der Waals surface area contributed by atoms with Crippen LogP contribution in [0.25, 0.3) is 10.2 Å². The molecule has 0 spiro atoms. The zero-order valence-corrected chi connectivity index (χ0v) is 17.7. The number of benzene rings is 1. The summed E-state index contributed by atoms with van der Waals surface area (Å²) in [6.07, 6.45) is 2.35. The van der Waals surface area contributed by atoms with Gasteiger partial charge in [0.2, 0.25) is 5.91 Å². The summed E-state index contributed by atoms with van der Waals surface area (Å²) >= 11 is 3.24. The van der Waals surface area contributed by atoms with E-state index in [0.717, 1.165) is 37.9 Å². The van der Waals surface area contributed by atoms with Crippen LogP contribution in [0.2, 0.25) is 0 Å². The van der Waals surface area contributed by atoms with Crippen LogP contribution in [0.4, 0.5) is 5.69 Å². The Bertz CT molecular complexity index is 1020. The van der Waals surface area contributed by atoms with Gasteiger partial charge in [0.25, 0.3) is 0 Å². The molecule has 0 unspecified atom stereocenters. The number of fused-ring (bicyclic) bond motifs is 1. The molecule has 1 N–H and O–H groups in total. The quantitative estimate of drug-likeness (QED) is 0.454. The summed E-state index contributed by atoms with van der Waals surface area (Å²) < 4.78 is 0. The Morgan fingerprint density at radius 2 is 1.85 bits per heavy atom. The van der Waals surface area contributed by atoms with E-state index in [-0.39, 0.29) is 5.91 Å². The number of amides is 1. The number of rotatable bonds is 5. The predicted molar refractivity (Wildman–Crippen MR) is 114 cm³/mol. The zero-order valence-electron chi connectivity index (χ0n) is 16.0. The van der Waals surface area contributed by atoms with E-state index in [4.69, 9.17) is 9.97 Å². The predicted octanol–water partition coefficient (Wildman–Crippen LogP) is 5.53. The van der Waals surface area contributed by atoms with Crippen molar-refractivity contribution in [3.05, 3.63) is 45.6 Å². The topological polar surface area (TPSA) is 54.9 Å². The molecule has 0 radical (unpaired) electrons. The number of carbonyl (C=O) groups is 1. The van der Waals surface area contributed by atoms with E-state index in [9.17, 15) is 4.79 Å². The highest BCUT2D eigenvalue weighted by Gasteiger charge is 2.28. The number of nitrogens with one attached hydrogen (secondary N) is 1. The van der Waals surface area contributed by atoms with Crippen molar-refractivity contribution in [2.75, 3.05) is 11.1 Å². The first kappa shape index (κ1) is 18.4. The van der Waals surface area contributed by atoms with Crippen LogP contribution in [0.3, 0.4) is 0 Å². The molecule has 0 atom stereocenters. The molecule has 2 aromatic heterocycles. The van der Waals surface area contributed by atoms with Crippen LogP contribution in [-0.2, 0) is 4.79 Å². The first-order chi connectivity index (χ1) is 12.9. The van der Waals surface area contributed by atoms with E-state index in [1.165, 1.54) is 35.0 Å². The third-order valence-corrected chi connectivity index (χ3v) is 6.88. The minimum atomic E-state index is -0.00524. The number of aromatic nitrogens is 2. The fraction of sp³-hybridized carbons (Fsp3) is 0.381. The Labute approximate surface area is 167 Å². The van der Waals surface area contributed by atoms with Crippen LogP contribution < -0.4 is 5.32 Å². The second-order valence-electron chi connectivity index (χ2n) is 7.34. The van der Waals surface area contributed by atoms with Crippen molar-refractivity contribution < 1.29 is 4.79 Å². The molecule has 0 aliphatic heterocycles. The third kappa shape index (κ3) is 4.01. The molecule has 4 rings (SSSR count). The Kier molecular flexibility index (Phi) is 4.95. The van der Waals surface area contributed by atoms with Crippen molar-refractivity contribution in [3.8, 4) is 0 Å². The van der Waals surface area contributed by atoms with Gasteiger partial charge in [-0.05, 0) is 69.4 Å². The summed E-state index contributed by atoms with van der Waals surface area (Å²) in [5, 5.41) is 5.07. The van der Waals surface area contributed by atoms with Crippen molar-refractivity contribution >= 4 is 44.9 Å². The van der Waals surface area contributed by atoms with Gasteiger partial charge in [-0.1, -0.05) is 17.8 Å². The summed E-state index contributed by atoms with van der Waals surface area (Å²) in [6.45, 7) is 8.32. The maximum absolute atomic E-state index is 12.5. The molecule has 2 heterocycles. The summed E-state index contributed by atoms with van der Waals surface area (Å²) in [5.41, 5.74) is 4.38. The molecule has 27 heavy (non-hydrogen) atoms. The average Bonchev–Trinajstić information content (AvgIpc) is 3.39. The first-order valence-corrected chi connectivity index (χ1v) is 11.0. The van der Waals surface area contributed by atoms with Crippen LogP contribution in [0.15, 0.2) is 23.2 Å². The van der Waals surface area contributed by atoms with Crippen molar-refractivity contribution in [2.45, 2.75) is 51.5 Å². The Balaban J connectivity index is 1.55. The van der Waals surface area contributed by atoms with Crippen LogP contribution in [-0.4, -0.2) is 21.6 Å². The highest BCUT2D eigenvalue weighted by molar-refractivity contribution is 8.00. The van der Waals surface area contributed by atoms with Gasteiger partial charge in [-0.15, -0.1) is 11.3 Å². The fourth-order valence-electron chi connectivity index (χ4n) is 3.23. The van der Waals surface area contributed by atoms with Gasteiger partial charge in [0.15, 0.2) is 0 Å². The van der Waals surface area contributed by atoms with Gasteiger partial charge in [0.1, 0.15) is 15.7 Å². The highest BCUT2D eigenvalue weighted by Crippen LogP contribution is 2.42. The van der Waals surface area contributed by atoms with Gasteiger partial charge in [0.05, 0.1) is 5.75 Å². The van der Waals surface area contributed by atoms with Gasteiger partial charge in [-0.25, -0.2) is 9.97 Å². The number of hydrogen-bond donors (Lipinski definition) is 1. The molecule has 140 valence electrons. The molecule has 4 nitrogen and oxygen atoms in total. The lowest BCUT2D eigenvalue weighted by Crippen LogP contribution is -2.14. The van der Waals surface area contributed by atoms with Crippen molar-refractivity contribution in [3.63, 3.8) is 0 Å². The van der Waals surface area contributed by atoms with E-state index in [0.29, 0.717) is 11.7 Å². The summed E-state index contributed by atoms with van der Waals surface area (Å²) in [5.74, 6) is 1.79. The van der Waals surface area contributed by atoms with E-state index in [2.05, 4.69) is 25.2 Å². The highest BCUT2D eigenvalue weighted by atomic mass is 32.2. The van der Waals surface area contributed by atoms with E-state index < -0.39 is 0 Å². The van der Waals surface area contributed by atoms with Gasteiger partial charge in [0, 0.05) is 21.9 Å². The molecule has 0 bridgehead atoms. The Hall–Kier alpha value is -1.92. The largest absolute Gasteiger partial charge is 0.325 e. The number of aryl methyl sites for hydroxylation is 4. The normalized spacial score (nSPS) is 13.9. The molecular formula is C21H23N3OS2. The maximum Gasteiger partial charge on any atom is 0.234 e. The molecule has 1 fully saturated rings.